The zero-order chi connectivity index (χ0) is 23.9. The van der Waals surface area contributed by atoms with Crippen molar-refractivity contribution < 1.29 is 26.3 Å². The number of nitrogens with one attached hydrogen (secondary N) is 1. The van der Waals surface area contributed by atoms with E-state index in [1.807, 2.05) is 0 Å². The Kier molecular flexibility index (Phi) is 8.58. The van der Waals surface area contributed by atoms with Crippen LogP contribution >= 0.6 is 0 Å². The topological polar surface area (TPSA) is 28.7 Å². The number of rotatable bonds is 5. The fourth-order valence-electron chi connectivity index (χ4n) is 3.29. The first kappa shape index (κ1) is 25.6. The molecular weight excluding hydrogens is 429 g/mol. The highest BCUT2D eigenvalue weighted by atomic mass is 19.4. The summed E-state index contributed by atoms with van der Waals surface area (Å²) in [4.78, 5) is 7.25. The Bertz CT molecular complexity index is 918. The van der Waals surface area contributed by atoms with Crippen molar-refractivity contribution in [1.29, 1.82) is 0 Å². The van der Waals surface area contributed by atoms with Gasteiger partial charge in [-0.25, -0.2) is 4.98 Å². The molecule has 32 heavy (non-hydrogen) atoms. The molecule has 0 saturated carbocycles. The minimum absolute atomic E-state index is 0.109. The largest absolute Gasteiger partial charge is 0.416 e. The highest BCUT2D eigenvalue weighted by Crippen LogP contribution is 2.36. The number of H-pyrrole nitrogens is 1. The van der Waals surface area contributed by atoms with Gasteiger partial charge < -0.3 is 4.98 Å². The molecule has 2 nitrogen and oxygen atoms in total. The number of nitrogens with zero attached hydrogens (tertiary/aromatic N) is 1. The van der Waals surface area contributed by atoms with Crippen LogP contribution in [0.3, 0.4) is 0 Å². The maximum absolute atomic E-state index is 12.8. The van der Waals surface area contributed by atoms with Crippen molar-refractivity contribution in [3.63, 3.8) is 0 Å². The minimum atomic E-state index is -4.52. The molecule has 0 fully saturated rings. The Labute approximate surface area is 184 Å². The molecule has 9 heteroatoms. The van der Waals surface area contributed by atoms with E-state index in [4.69, 9.17) is 7.85 Å². The molecule has 0 amide bonds. The van der Waals surface area contributed by atoms with Crippen LogP contribution in [0.15, 0.2) is 54.9 Å². The smallest absolute Gasteiger partial charge is 0.348 e. The number of benzene rings is 2. The molecule has 0 aliphatic rings. The van der Waals surface area contributed by atoms with E-state index in [2.05, 4.69) is 23.8 Å². The Hall–Kier alpha value is -2.71. The lowest BCUT2D eigenvalue weighted by atomic mass is 9.80. The average molecular weight is 452 g/mol. The predicted molar refractivity (Wildman–Crippen MR) is 113 cm³/mol. The van der Waals surface area contributed by atoms with Gasteiger partial charge in [-0.3, -0.25) is 0 Å². The first-order valence-corrected chi connectivity index (χ1v) is 10.1. The highest BCUT2D eigenvalue weighted by Gasteiger charge is 2.32. The standard InChI is InChI=1S/C16H11BF6.C7H12N2/c17-9-14(10-3-1-5-12(7-10)15(18,19)20)11-4-2-6-13(8-11)16(21,22)23;1-3-6-7(4-2)9-5-8-6/h1-8,14H,9H2;5H,3-4H2,1-2H3,(H,8,9). The van der Waals surface area contributed by atoms with Gasteiger partial charge in [0.1, 0.15) is 0 Å². The third-order valence-corrected chi connectivity index (χ3v) is 4.96. The zero-order valence-electron chi connectivity index (χ0n) is 17.7. The van der Waals surface area contributed by atoms with E-state index in [1.54, 1.807) is 6.33 Å². The van der Waals surface area contributed by atoms with Crippen molar-refractivity contribution in [1.82, 2.24) is 9.97 Å². The van der Waals surface area contributed by atoms with Gasteiger partial charge in [-0.05, 0) is 36.1 Å². The lowest BCUT2D eigenvalue weighted by Crippen LogP contribution is -2.09. The first-order chi connectivity index (χ1) is 15.0. The molecule has 170 valence electrons. The summed E-state index contributed by atoms with van der Waals surface area (Å²) >= 11 is 0. The Morgan fingerprint density at radius 1 is 0.844 bits per heavy atom. The van der Waals surface area contributed by atoms with Crippen LogP contribution in [0, 0.1) is 0 Å². The van der Waals surface area contributed by atoms with Gasteiger partial charge in [-0.1, -0.05) is 56.6 Å². The number of alkyl halides is 6. The average Bonchev–Trinajstić information content (AvgIpc) is 3.22. The molecule has 1 heterocycles. The third-order valence-electron chi connectivity index (χ3n) is 4.96. The summed E-state index contributed by atoms with van der Waals surface area (Å²) in [6.45, 7) is 4.25. The van der Waals surface area contributed by atoms with Gasteiger partial charge in [0.2, 0.25) is 0 Å². The van der Waals surface area contributed by atoms with Gasteiger partial charge in [-0.2, -0.15) is 26.3 Å². The summed E-state index contributed by atoms with van der Waals surface area (Å²) in [7, 11) is 5.59. The van der Waals surface area contributed by atoms with Crippen LogP contribution in [-0.4, -0.2) is 17.8 Å². The fourth-order valence-corrected chi connectivity index (χ4v) is 3.29. The molecule has 0 aliphatic carbocycles. The highest BCUT2D eigenvalue weighted by molar-refractivity contribution is 6.09. The van der Waals surface area contributed by atoms with E-state index in [0.29, 0.717) is 0 Å². The quantitative estimate of drug-likeness (QED) is 0.329. The number of hydrogen-bond donors (Lipinski definition) is 1. The Morgan fingerprint density at radius 3 is 1.69 bits per heavy atom. The van der Waals surface area contributed by atoms with Gasteiger partial charge in [0.05, 0.1) is 31.0 Å². The van der Waals surface area contributed by atoms with Gasteiger partial charge in [0.25, 0.3) is 0 Å². The van der Waals surface area contributed by atoms with Crippen molar-refractivity contribution in [3.05, 3.63) is 88.5 Å². The fraction of sp³-hybridized carbons (Fsp3) is 0.348. The van der Waals surface area contributed by atoms with Gasteiger partial charge in [0, 0.05) is 11.6 Å². The van der Waals surface area contributed by atoms with Crippen molar-refractivity contribution in [2.45, 2.75) is 51.3 Å². The van der Waals surface area contributed by atoms with Crippen molar-refractivity contribution in [2.75, 3.05) is 0 Å². The maximum Gasteiger partial charge on any atom is 0.416 e. The van der Waals surface area contributed by atoms with Crippen molar-refractivity contribution in [3.8, 4) is 0 Å². The van der Waals surface area contributed by atoms with E-state index in [1.165, 1.54) is 35.7 Å². The first-order valence-electron chi connectivity index (χ1n) is 10.1. The molecule has 0 atom stereocenters. The zero-order valence-corrected chi connectivity index (χ0v) is 17.7. The number of halogens is 6. The Balaban J connectivity index is 0.000000336. The van der Waals surface area contributed by atoms with Gasteiger partial charge >= 0.3 is 12.4 Å². The molecule has 0 aliphatic heterocycles. The second-order valence-electron chi connectivity index (χ2n) is 7.07. The summed E-state index contributed by atoms with van der Waals surface area (Å²) in [6, 6.07) is 8.92. The lowest BCUT2D eigenvalue weighted by molar-refractivity contribution is -0.138. The van der Waals surface area contributed by atoms with Crippen LogP contribution in [0.2, 0.25) is 6.32 Å². The number of aromatic amines is 1. The molecule has 0 unspecified atom stereocenters. The molecule has 1 aromatic heterocycles. The van der Waals surface area contributed by atoms with Crippen LogP contribution in [-0.2, 0) is 25.2 Å². The molecular formula is C23H23BF6N2. The second kappa shape index (κ2) is 10.7. The summed E-state index contributed by atoms with van der Waals surface area (Å²) in [5.74, 6) is -0.750. The van der Waals surface area contributed by atoms with Crippen molar-refractivity contribution in [2.24, 2.45) is 0 Å². The molecule has 0 spiro atoms. The maximum atomic E-state index is 12.8. The number of hydrogen-bond acceptors (Lipinski definition) is 1. The van der Waals surface area contributed by atoms with Gasteiger partial charge in [-0.15, -0.1) is 0 Å². The molecule has 1 N–H and O–H groups in total. The monoisotopic (exact) mass is 452 g/mol. The summed E-state index contributed by atoms with van der Waals surface area (Å²) in [6.07, 6.45) is -5.30. The third kappa shape index (κ3) is 6.64. The van der Waals surface area contributed by atoms with Crippen LogP contribution in [0.4, 0.5) is 26.3 Å². The second-order valence-corrected chi connectivity index (χ2v) is 7.07. The predicted octanol–water partition coefficient (Wildman–Crippen LogP) is 6.98. The summed E-state index contributed by atoms with van der Waals surface area (Å²) < 4.78 is 76.7. The van der Waals surface area contributed by atoms with Crippen molar-refractivity contribution >= 4 is 7.85 Å². The van der Waals surface area contributed by atoms with E-state index >= 15 is 0 Å². The molecule has 0 saturated heterocycles. The molecule has 2 radical (unpaired) electrons. The summed E-state index contributed by atoms with van der Waals surface area (Å²) in [5, 5.41) is 0. The number of aryl methyl sites for hydroxylation is 2. The molecule has 3 rings (SSSR count). The van der Waals surface area contributed by atoms with Crippen LogP contribution < -0.4 is 0 Å². The minimum Gasteiger partial charge on any atom is -0.348 e. The molecule has 0 bridgehead atoms. The molecule has 3 aromatic rings. The van der Waals surface area contributed by atoms with Gasteiger partial charge in [0.15, 0.2) is 0 Å². The lowest BCUT2D eigenvalue weighted by Gasteiger charge is -2.19. The van der Waals surface area contributed by atoms with Crippen LogP contribution in [0.1, 0.15) is 53.4 Å². The number of aromatic nitrogens is 2. The van der Waals surface area contributed by atoms with E-state index in [-0.39, 0.29) is 17.4 Å². The SMILES string of the molecule is CCc1nc[nH]c1CC.[B]CC(c1cccc(C(F)(F)F)c1)c1cccc(C(F)(F)F)c1. The van der Waals surface area contributed by atoms with E-state index in [0.717, 1.165) is 37.1 Å². The molecule has 2 aromatic carbocycles. The normalized spacial score (nSPS) is 11.9. The summed E-state index contributed by atoms with van der Waals surface area (Å²) in [5.41, 5.74) is 1.21. The van der Waals surface area contributed by atoms with E-state index in [9.17, 15) is 26.3 Å². The Morgan fingerprint density at radius 2 is 1.34 bits per heavy atom. The number of imidazole rings is 1. The van der Waals surface area contributed by atoms with E-state index < -0.39 is 29.4 Å². The van der Waals surface area contributed by atoms with Crippen LogP contribution in [0.5, 0.6) is 0 Å². The van der Waals surface area contributed by atoms with Crippen LogP contribution in [0.25, 0.3) is 0 Å².